The number of carbonyl (C=O) groups excluding carboxylic acids is 3. The van der Waals surface area contributed by atoms with Crippen molar-refractivity contribution < 1.29 is 28.2 Å². The highest BCUT2D eigenvalue weighted by atomic mass is 32.1. The van der Waals surface area contributed by atoms with Crippen molar-refractivity contribution in [2.75, 3.05) is 45.8 Å². The Bertz CT molecular complexity index is 864. The zero-order valence-corrected chi connectivity index (χ0v) is 18.8. The van der Waals surface area contributed by atoms with Crippen molar-refractivity contribution in [3.8, 4) is 0 Å². The van der Waals surface area contributed by atoms with E-state index in [1.165, 1.54) is 54.7 Å². The van der Waals surface area contributed by atoms with Gasteiger partial charge in [0.25, 0.3) is 0 Å². The van der Waals surface area contributed by atoms with Gasteiger partial charge in [0.2, 0.25) is 17.7 Å². The van der Waals surface area contributed by atoms with Crippen LogP contribution in [0.3, 0.4) is 0 Å². The molecule has 2 rings (SSSR count). The molecule has 174 valence electrons. The number of methoxy groups -OCH3 is 2. The first kappa shape index (κ1) is 25.4. The molecular weight excluding hydrogens is 439 g/mol. The van der Waals surface area contributed by atoms with Gasteiger partial charge in [-0.3, -0.25) is 14.4 Å². The van der Waals surface area contributed by atoms with E-state index < -0.39 is 23.7 Å². The molecule has 0 saturated carbocycles. The van der Waals surface area contributed by atoms with Crippen LogP contribution in [0.5, 0.6) is 0 Å². The molecule has 11 heteroatoms. The highest BCUT2D eigenvalue weighted by molar-refractivity contribution is 7.13. The molecule has 1 aromatic heterocycles. The fourth-order valence-corrected chi connectivity index (χ4v) is 3.45. The first-order chi connectivity index (χ1) is 15.5. The van der Waals surface area contributed by atoms with Crippen molar-refractivity contribution in [3.63, 3.8) is 0 Å². The standard InChI is InChI=1S/C21H27FN4O5S/c1-30-12-9-23-20(29)19(15-3-5-16(22)6-4-15)26(11-13-31-2)18(28)8-7-17(27)25-21-24-10-14-32-21/h3-6,10,14,19H,7-9,11-13H2,1-2H3,(H,23,29)(H,24,25,27)/t19-/m0/s1. The molecule has 1 heterocycles. The number of rotatable bonds is 13. The monoisotopic (exact) mass is 466 g/mol. The quantitative estimate of drug-likeness (QED) is 0.437. The van der Waals surface area contributed by atoms with Gasteiger partial charge in [0.05, 0.1) is 13.2 Å². The number of amides is 3. The van der Waals surface area contributed by atoms with Crippen molar-refractivity contribution in [3.05, 3.63) is 47.2 Å². The fourth-order valence-electron chi connectivity index (χ4n) is 2.91. The molecule has 0 bridgehead atoms. The van der Waals surface area contributed by atoms with Crippen LogP contribution in [0.15, 0.2) is 35.8 Å². The van der Waals surface area contributed by atoms with Crippen LogP contribution in [0.4, 0.5) is 9.52 Å². The molecule has 0 unspecified atom stereocenters. The van der Waals surface area contributed by atoms with Crippen LogP contribution in [0.2, 0.25) is 0 Å². The van der Waals surface area contributed by atoms with E-state index in [2.05, 4.69) is 15.6 Å². The largest absolute Gasteiger partial charge is 0.383 e. The molecule has 3 amide bonds. The van der Waals surface area contributed by atoms with Gasteiger partial charge in [-0.1, -0.05) is 12.1 Å². The number of nitrogens with zero attached hydrogens (tertiary/aromatic N) is 2. The lowest BCUT2D eigenvalue weighted by atomic mass is 10.0. The third kappa shape index (κ3) is 7.98. The van der Waals surface area contributed by atoms with E-state index in [4.69, 9.17) is 9.47 Å². The summed E-state index contributed by atoms with van der Waals surface area (Å²) >= 11 is 1.27. The third-order valence-electron chi connectivity index (χ3n) is 4.45. The van der Waals surface area contributed by atoms with E-state index >= 15 is 0 Å². The second-order valence-corrected chi connectivity index (χ2v) is 7.60. The SMILES string of the molecule is COCCNC(=O)[C@H](c1ccc(F)cc1)N(CCOC)C(=O)CCC(=O)Nc1nccs1. The molecule has 0 aliphatic heterocycles. The van der Waals surface area contributed by atoms with Crippen molar-refractivity contribution in [2.45, 2.75) is 18.9 Å². The molecule has 1 atom stereocenters. The number of anilines is 1. The minimum atomic E-state index is -1.02. The van der Waals surface area contributed by atoms with Crippen molar-refractivity contribution in [1.29, 1.82) is 0 Å². The number of ether oxygens (including phenoxy) is 2. The Kier molecular flexibility index (Phi) is 10.7. The lowest BCUT2D eigenvalue weighted by Crippen LogP contribution is -2.45. The second-order valence-electron chi connectivity index (χ2n) is 6.70. The van der Waals surface area contributed by atoms with Gasteiger partial charge in [-0.25, -0.2) is 9.37 Å². The summed E-state index contributed by atoms with van der Waals surface area (Å²) in [5, 5.41) is 7.52. The van der Waals surface area contributed by atoms with Crippen LogP contribution in [0.1, 0.15) is 24.4 Å². The number of carbonyl (C=O) groups is 3. The summed E-state index contributed by atoms with van der Waals surface area (Å²) in [6, 6.07) is 4.35. The van der Waals surface area contributed by atoms with Crippen LogP contribution in [0, 0.1) is 5.82 Å². The zero-order chi connectivity index (χ0) is 23.3. The van der Waals surface area contributed by atoms with E-state index in [0.717, 1.165) is 0 Å². The minimum Gasteiger partial charge on any atom is -0.383 e. The Morgan fingerprint density at radius 3 is 2.47 bits per heavy atom. The number of hydrogen-bond donors (Lipinski definition) is 2. The van der Waals surface area contributed by atoms with Crippen LogP contribution in [0.25, 0.3) is 0 Å². The van der Waals surface area contributed by atoms with Crippen LogP contribution < -0.4 is 10.6 Å². The zero-order valence-electron chi connectivity index (χ0n) is 18.0. The molecule has 1 aromatic carbocycles. The summed E-state index contributed by atoms with van der Waals surface area (Å²) in [4.78, 5) is 43.5. The van der Waals surface area contributed by atoms with Crippen LogP contribution >= 0.6 is 11.3 Å². The number of benzene rings is 1. The first-order valence-corrected chi connectivity index (χ1v) is 10.8. The van der Waals surface area contributed by atoms with Gasteiger partial charge in [0, 0.05) is 51.7 Å². The summed E-state index contributed by atoms with van der Waals surface area (Å²) < 4.78 is 23.5. The maximum atomic E-state index is 13.5. The molecule has 2 aromatic rings. The van der Waals surface area contributed by atoms with Crippen molar-refractivity contribution in [1.82, 2.24) is 15.2 Å². The van der Waals surface area contributed by atoms with Crippen LogP contribution in [-0.4, -0.2) is 68.1 Å². The molecule has 2 N–H and O–H groups in total. The van der Waals surface area contributed by atoms with E-state index in [-0.39, 0.29) is 38.4 Å². The molecule has 9 nitrogen and oxygen atoms in total. The Morgan fingerprint density at radius 2 is 1.84 bits per heavy atom. The summed E-state index contributed by atoms with van der Waals surface area (Å²) in [6.45, 7) is 0.837. The smallest absolute Gasteiger partial charge is 0.247 e. The van der Waals surface area contributed by atoms with E-state index in [0.29, 0.717) is 17.3 Å². The Hall–Kier alpha value is -2.89. The Morgan fingerprint density at radius 1 is 1.12 bits per heavy atom. The lowest BCUT2D eigenvalue weighted by molar-refractivity contribution is -0.142. The summed E-state index contributed by atoms with van der Waals surface area (Å²) in [5.74, 6) is -1.67. The molecule has 32 heavy (non-hydrogen) atoms. The van der Waals surface area contributed by atoms with Gasteiger partial charge in [-0.05, 0) is 17.7 Å². The maximum absolute atomic E-state index is 13.5. The van der Waals surface area contributed by atoms with Crippen molar-refractivity contribution in [2.24, 2.45) is 0 Å². The molecule has 0 aliphatic rings. The molecule has 0 fully saturated rings. The predicted molar refractivity (Wildman–Crippen MR) is 118 cm³/mol. The number of halogens is 1. The summed E-state index contributed by atoms with van der Waals surface area (Å²) in [5.41, 5.74) is 0.443. The predicted octanol–water partition coefficient (Wildman–Crippen LogP) is 1.98. The number of thiazole rings is 1. The number of hydrogen-bond acceptors (Lipinski definition) is 7. The second kappa shape index (κ2) is 13.5. The average Bonchev–Trinajstić information content (AvgIpc) is 3.29. The Labute approximate surface area is 189 Å². The van der Waals surface area contributed by atoms with Gasteiger partial charge >= 0.3 is 0 Å². The van der Waals surface area contributed by atoms with Crippen LogP contribution in [-0.2, 0) is 23.9 Å². The summed E-state index contributed by atoms with van der Waals surface area (Å²) in [6.07, 6.45) is 1.36. The Balaban J connectivity index is 2.17. The highest BCUT2D eigenvalue weighted by Crippen LogP contribution is 2.23. The van der Waals surface area contributed by atoms with E-state index in [1.807, 2.05) is 0 Å². The lowest BCUT2D eigenvalue weighted by Gasteiger charge is -2.31. The topological polar surface area (TPSA) is 110 Å². The average molecular weight is 467 g/mol. The fraction of sp³-hybridized carbons (Fsp3) is 0.429. The highest BCUT2D eigenvalue weighted by Gasteiger charge is 2.31. The molecular formula is C21H27FN4O5S. The van der Waals surface area contributed by atoms with Gasteiger partial charge in [0.15, 0.2) is 5.13 Å². The maximum Gasteiger partial charge on any atom is 0.247 e. The van der Waals surface area contributed by atoms with Gasteiger partial charge in [-0.2, -0.15) is 0 Å². The van der Waals surface area contributed by atoms with Crippen molar-refractivity contribution >= 4 is 34.2 Å². The normalized spacial score (nSPS) is 11.6. The van der Waals surface area contributed by atoms with Gasteiger partial charge in [0.1, 0.15) is 11.9 Å². The van der Waals surface area contributed by atoms with E-state index in [9.17, 15) is 18.8 Å². The van der Waals surface area contributed by atoms with Gasteiger partial charge < -0.3 is 25.0 Å². The molecule has 0 saturated heterocycles. The molecule has 0 radical (unpaired) electrons. The van der Waals surface area contributed by atoms with Gasteiger partial charge in [-0.15, -0.1) is 11.3 Å². The molecule has 0 aliphatic carbocycles. The number of nitrogens with one attached hydrogen (secondary N) is 2. The third-order valence-corrected chi connectivity index (χ3v) is 5.14. The first-order valence-electron chi connectivity index (χ1n) is 9.96. The minimum absolute atomic E-state index is 0.0800. The molecule has 0 spiro atoms. The number of aromatic nitrogens is 1. The summed E-state index contributed by atoms with van der Waals surface area (Å²) in [7, 11) is 2.99. The van der Waals surface area contributed by atoms with E-state index in [1.54, 1.807) is 11.6 Å².